The number of hydrogen-bond donors (Lipinski definition) is 3. The van der Waals surface area contributed by atoms with Gasteiger partial charge in [-0.05, 0) is 36.1 Å². The molecule has 6 heteroatoms. The first-order chi connectivity index (χ1) is 13.3. The van der Waals surface area contributed by atoms with Crippen LogP contribution in [0.5, 0.6) is 0 Å². The van der Waals surface area contributed by atoms with E-state index in [1.54, 1.807) is 18.2 Å². The number of rotatable bonds is 8. The summed E-state index contributed by atoms with van der Waals surface area (Å²) in [6.07, 6.45) is 0. The van der Waals surface area contributed by atoms with Crippen LogP contribution >= 0.6 is 11.6 Å². The number of amides is 2. The molecule has 0 aliphatic rings. The van der Waals surface area contributed by atoms with Gasteiger partial charge >= 0.3 is 0 Å². The standard InChI is InChI=1S/C22H28ClN3O2/c1-15(2)18-10-8-17(9-11-18)13-26(4)14-22(28)24-12-21(27)25-20-7-5-6-19(23)16(20)3/h5-11,15H,12-14H2,1-4H3,(H,24,28)(H,25,27)/p+1. The Bertz CT molecular complexity index is 819. The maximum absolute atomic E-state index is 12.1. The Balaban J connectivity index is 1.76. The van der Waals surface area contributed by atoms with E-state index in [9.17, 15) is 9.59 Å². The van der Waals surface area contributed by atoms with Crippen LogP contribution in [0.3, 0.4) is 0 Å². The van der Waals surface area contributed by atoms with Crippen molar-refractivity contribution in [3.63, 3.8) is 0 Å². The number of nitrogens with one attached hydrogen (secondary N) is 3. The normalized spacial score (nSPS) is 11.9. The average Bonchev–Trinajstić information content (AvgIpc) is 2.64. The van der Waals surface area contributed by atoms with Crippen LogP contribution in [0.2, 0.25) is 5.02 Å². The van der Waals surface area contributed by atoms with Crippen LogP contribution in [-0.2, 0) is 16.1 Å². The molecule has 0 spiro atoms. The lowest BCUT2D eigenvalue weighted by Gasteiger charge is -2.15. The fourth-order valence-electron chi connectivity index (χ4n) is 2.88. The quantitative estimate of drug-likeness (QED) is 0.635. The molecular weight excluding hydrogens is 374 g/mol. The Morgan fingerprint density at radius 2 is 1.75 bits per heavy atom. The molecule has 28 heavy (non-hydrogen) atoms. The van der Waals surface area contributed by atoms with Gasteiger partial charge in [0, 0.05) is 16.3 Å². The highest BCUT2D eigenvalue weighted by Gasteiger charge is 2.13. The van der Waals surface area contributed by atoms with Crippen molar-refractivity contribution >= 4 is 29.1 Å². The van der Waals surface area contributed by atoms with Crippen molar-refractivity contribution in [3.8, 4) is 0 Å². The third-order valence-corrected chi connectivity index (χ3v) is 5.01. The van der Waals surface area contributed by atoms with Gasteiger partial charge < -0.3 is 15.5 Å². The second kappa shape index (κ2) is 10.2. The molecule has 1 unspecified atom stereocenters. The molecule has 0 saturated carbocycles. The second-order valence-electron chi connectivity index (χ2n) is 7.44. The van der Waals surface area contributed by atoms with Gasteiger partial charge in [0.05, 0.1) is 13.6 Å². The van der Waals surface area contributed by atoms with Crippen LogP contribution in [0.25, 0.3) is 0 Å². The molecule has 0 radical (unpaired) electrons. The third-order valence-electron chi connectivity index (χ3n) is 4.60. The molecule has 0 aliphatic carbocycles. The molecule has 150 valence electrons. The Morgan fingerprint density at radius 1 is 1.07 bits per heavy atom. The molecule has 2 aromatic carbocycles. The van der Waals surface area contributed by atoms with Gasteiger partial charge in [0.2, 0.25) is 5.91 Å². The van der Waals surface area contributed by atoms with Crippen molar-refractivity contribution in [2.24, 2.45) is 0 Å². The molecule has 0 bridgehead atoms. The van der Waals surface area contributed by atoms with Crippen molar-refractivity contribution in [3.05, 3.63) is 64.2 Å². The monoisotopic (exact) mass is 402 g/mol. The molecule has 0 saturated heterocycles. The van der Waals surface area contributed by atoms with Crippen LogP contribution < -0.4 is 15.5 Å². The van der Waals surface area contributed by atoms with E-state index in [2.05, 4.69) is 48.7 Å². The summed E-state index contributed by atoms with van der Waals surface area (Å²) >= 11 is 6.05. The zero-order chi connectivity index (χ0) is 20.7. The third kappa shape index (κ3) is 6.66. The predicted octanol–water partition coefficient (Wildman–Crippen LogP) is 2.54. The van der Waals surface area contributed by atoms with Gasteiger partial charge in [0.1, 0.15) is 6.54 Å². The number of likely N-dealkylation sites (N-methyl/N-ethyl adjacent to an activating group) is 1. The van der Waals surface area contributed by atoms with Gasteiger partial charge in [-0.15, -0.1) is 0 Å². The number of hydrogen-bond acceptors (Lipinski definition) is 2. The molecule has 2 aromatic rings. The highest BCUT2D eigenvalue weighted by molar-refractivity contribution is 6.31. The van der Waals surface area contributed by atoms with E-state index in [0.717, 1.165) is 17.0 Å². The van der Waals surface area contributed by atoms with E-state index >= 15 is 0 Å². The predicted molar refractivity (Wildman–Crippen MR) is 114 cm³/mol. The summed E-state index contributed by atoms with van der Waals surface area (Å²) in [5.74, 6) is 0.0710. The van der Waals surface area contributed by atoms with E-state index < -0.39 is 0 Å². The zero-order valence-corrected chi connectivity index (χ0v) is 17.7. The highest BCUT2D eigenvalue weighted by Crippen LogP contribution is 2.22. The largest absolute Gasteiger partial charge is 0.342 e. The van der Waals surface area contributed by atoms with Crippen molar-refractivity contribution in [2.75, 3.05) is 25.5 Å². The van der Waals surface area contributed by atoms with Gasteiger partial charge in [0.25, 0.3) is 5.91 Å². The summed E-state index contributed by atoms with van der Waals surface area (Å²) < 4.78 is 0. The fourth-order valence-corrected chi connectivity index (χ4v) is 3.06. The van der Waals surface area contributed by atoms with Gasteiger partial charge in [-0.25, -0.2) is 0 Å². The summed E-state index contributed by atoms with van der Waals surface area (Å²) in [6.45, 7) is 7.15. The molecule has 0 heterocycles. The molecule has 3 N–H and O–H groups in total. The molecule has 1 atom stereocenters. The molecule has 0 aliphatic heterocycles. The Morgan fingerprint density at radius 3 is 2.39 bits per heavy atom. The van der Waals surface area contributed by atoms with E-state index in [1.165, 1.54) is 11.1 Å². The van der Waals surface area contributed by atoms with Gasteiger partial charge in [0.15, 0.2) is 6.54 Å². The summed E-state index contributed by atoms with van der Waals surface area (Å²) in [7, 11) is 1.96. The Labute approximate surface area is 172 Å². The highest BCUT2D eigenvalue weighted by atomic mass is 35.5. The molecule has 0 aromatic heterocycles. The van der Waals surface area contributed by atoms with Crippen molar-refractivity contribution in [1.82, 2.24) is 5.32 Å². The smallest absolute Gasteiger partial charge is 0.275 e. The van der Waals surface area contributed by atoms with E-state index in [-0.39, 0.29) is 18.4 Å². The summed E-state index contributed by atoms with van der Waals surface area (Å²) in [4.78, 5) is 25.3. The Kier molecular flexibility index (Phi) is 8.03. The minimum Gasteiger partial charge on any atom is -0.342 e. The average molecular weight is 403 g/mol. The lowest BCUT2D eigenvalue weighted by Crippen LogP contribution is -3.08. The van der Waals surface area contributed by atoms with Crippen LogP contribution in [0.1, 0.15) is 36.5 Å². The van der Waals surface area contributed by atoms with E-state index in [4.69, 9.17) is 11.6 Å². The van der Waals surface area contributed by atoms with Crippen LogP contribution in [-0.4, -0.2) is 32.0 Å². The van der Waals surface area contributed by atoms with Gasteiger partial charge in [-0.3, -0.25) is 9.59 Å². The first kappa shape index (κ1) is 21.9. The number of benzene rings is 2. The minimum atomic E-state index is -0.277. The number of carbonyl (C=O) groups excluding carboxylic acids is 2. The maximum atomic E-state index is 12.1. The summed E-state index contributed by atoms with van der Waals surface area (Å²) in [6, 6.07) is 13.8. The lowest BCUT2D eigenvalue weighted by molar-refractivity contribution is -0.885. The summed E-state index contributed by atoms with van der Waals surface area (Å²) in [5.41, 5.74) is 3.94. The van der Waals surface area contributed by atoms with Crippen LogP contribution in [0, 0.1) is 6.92 Å². The van der Waals surface area contributed by atoms with Crippen molar-refractivity contribution in [1.29, 1.82) is 0 Å². The first-order valence-electron chi connectivity index (χ1n) is 9.48. The molecule has 0 fully saturated rings. The summed E-state index contributed by atoms with van der Waals surface area (Å²) in [5, 5.41) is 6.03. The number of anilines is 1. The first-order valence-corrected chi connectivity index (χ1v) is 9.86. The van der Waals surface area contributed by atoms with Gasteiger partial charge in [-0.2, -0.15) is 0 Å². The van der Waals surface area contributed by atoms with Crippen molar-refractivity contribution < 1.29 is 14.5 Å². The second-order valence-corrected chi connectivity index (χ2v) is 7.85. The molecule has 5 nitrogen and oxygen atoms in total. The van der Waals surface area contributed by atoms with Gasteiger partial charge in [-0.1, -0.05) is 55.8 Å². The maximum Gasteiger partial charge on any atom is 0.275 e. The molecule has 2 amide bonds. The van der Waals surface area contributed by atoms with E-state index in [0.29, 0.717) is 23.2 Å². The van der Waals surface area contributed by atoms with Crippen molar-refractivity contribution in [2.45, 2.75) is 33.2 Å². The Hall–Kier alpha value is -2.37. The SMILES string of the molecule is Cc1c(Cl)cccc1NC(=O)CNC(=O)C[NH+](C)Cc1ccc(C(C)C)cc1. The number of carbonyl (C=O) groups is 2. The number of quaternary nitrogens is 1. The molecule has 2 rings (SSSR count). The number of halogens is 1. The van der Waals surface area contributed by atoms with Crippen LogP contribution in [0.15, 0.2) is 42.5 Å². The molecular formula is C22H29ClN3O2+. The lowest BCUT2D eigenvalue weighted by atomic mass is 10.0. The topological polar surface area (TPSA) is 62.6 Å². The van der Waals surface area contributed by atoms with E-state index in [1.807, 2.05) is 14.0 Å². The fraction of sp³-hybridized carbons (Fsp3) is 0.364. The minimum absolute atomic E-state index is 0.0683. The van der Waals surface area contributed by atoms with Crippen LogP contribution in [0.4, 0.5) is 5.69 Å². The zero-order valence-electron chi connectivity index (χ0n) is 16.9.